The fraction of sp³-hybridized carbons (Fsp3) is 0.474. The molecule has 140 valence electrons. The van der Waals surface area contributed by atoms with E-state index in [-0.39, 0.29) is 36.0 Å². The van der Waals surface area contributed by atoms with E-state index in [0.717, 1.165) is 12.8 Å². The summed E-state index contributed by atoms with van der Waals surface area (Å²) in [7, 11) is 1.49. The molecule has 1 heterocycles. The van der Waals surface area contributed by atoms with Crippen molar-refractivity contribution in [3.05, 3.63) is 29.3 Å². The number of piperidine rings is 1. The molecule has 1 aliphatic heterocycles. The van der Waals surface area contributed by atoms with Crippen molar-refractivity contribution in [2.75, 3.05) is 7.05 Å². The van der Waals surface area contributed by atoms with Crippen LogP contribution in [0.1, 0.15) is 60.2 Å². The lowest BCUT2D eigenvalue weighted by Crippen LogP contribution is -2.53. The number of carbonyl (C=O) groups is 4. The molecule has 3 amide bonds. The minimum atomic E-state index is -0.747. The van der Waals surface area contributed by atoms with Crippen LogP contribution < -0.4 is 10.1 Å². The SMILES string of the molecule is CCC(CC)Oc1ccc(C=O)c(C(=O)N(C)C2CCC(=O)NC2=O)c1. The highest BCUT2D eigenvalue weighted by molar-refractivity contribution is 6.06. The fourth-order valence-electron chi connectivity index (χ4n) is 2.93. The average molecular weight is 360 g/mol. The average Bonchev–Trinajstić information content (AvgIpc) is 2.64. The molecule has 1 aromatic rings. The van der Waals surface area contributed by atoms with E-state index in [2.05, 4.69) is 5.32 Å². The van der Waals surface area contributed by atoms with Gasteiger partial charge in [0.05, 0.1) is 11.7 Å². The summed E-state index contributed by atoms with van der Waals surface area (Å²) in [6, 6.07) is 3.98. The van der Waals surface area contributed by atoms with Crippen molar-refractivity contribution >= 4 is 24.0 Å². The second-order valence-corrected chi connectivity index (χ2v) is 6.31. The predicted molar refractivity (Wildman–Crippen MR) is 95.1 cm³/mol. The zero-order valence-corrected chi connectivity index (χ0v) is 15.3. The number of nitrogens with zero attached hydrogens (tertiary/aromatic N) is 1. The molecule has 26 heavy (non-hydrogen) atoms. The van der Waals surface area contributed by atoms with Gasteiger partial charge in [-0.15, -0.1) is 0 Å². The number of carbonyl (C=O) groups excluding carboxylic acids is 4. The number of nitrogens with one attached hydrogen (secondary N) is 1. The van der Waals surface area contributed by atoms with Gasteiger partial charge in [-0.05, 0) is 37.5 Å². The molecule has 0 aliphatic carbocycles. The molecule has 7 nitrogen and oxygen atoms in total. The van der Waals surface area contributed by atoms with Crippen LogP contribution in [0, 0.1) is 0 Å². The molecule has 1 aromatic carbocycles. The Balaban J connectivity index is 2.27. The first-order valence-corrected chi connectivity index (χ1v) is 8.77. The summed E-state index contributed by atoms with van der Waals surface area (Å²) in [5.41, 5.74) is 0.404. The molecule has 0 bridgehead atoms. The summed E-state index contributed by atoms with van der Waals surface area (Å²) in [5, 5.41) is 2.23. The minimum absolute atomic E-state index is 0.0212. The van der Waals surface area contributed by atoms with Gasteiger partial charge in [0, 0.05) is 19.0 Å². The fourth-order valence-corrected chi connectivity index (χ4v) is 2.93. The van der Waals surface area contributed by atoms with Gasteiger partial charge >= 0.3 is 0 Å². The smallest absolute Gasteiger partial charge is 0.255 e. The van der Waals surface area contributed by atoms with Crippen LogP contribution in [0.15, 0.2) is 18.2 Å². The molecule has 1 unspecified atom stereocenters. The molecule has 2 rings (SSSR count). The van der Waals surface area contributed by atoms with Crippen molar-refractivity contribution in [1.29, 1.82) is 0 Å². The van der Waals surface area contributed by atoms with Gasteiger partial charge in [-0.25, -0.2) is 0 Å². The molecular weight excluding hydrogens is 336 g/mol. The Bertz CT molecular complexity index is 712. The Morgan fingerprint density at radius 2 is 2.04 bits per heavy atom. The molecule has 7 heteroatoms. The number of hydrogen-bond donors (Lipinski definition) is 1. The van der Waals surface area contributed by atoms with Gasteiger partial charge in [-0.3, -0.25) is 24.5 Å². The van der Waals surface area contributed by atoms with E-state index in [1.807, 2.05) is 13.8 Å². The number of likely N-dealkylation sites (N-methyl/N-ethyl adjacent to an activating group) is 1. The lowest BCUT2D eigenvalue weighted by atomic mass is 10.0. The van der Waals surface area contributed by atoms with Crippen molar-refractivity contribution in [2.24, 2.45) is 0 Å². The maximum Gasteiger partial charge on any atom is 0.255 e. The number of imide groups is 1. The van der Waals surface area contributed by atoms with Crippen LogP contribution in [0.4, 0.5) is 0 Å². The van der Waals surface area contributed by atoms with Gasteiger partial charge in [0.25, 0.3) is 5.91 Å². The van der Waals surface area contributed by atoms with Crippen molar-refractivity contribution in [3.63, 3.8) is 0 Å². The molecule has 0 saturated carbocycles. The first-order valence-electron chi connectivity index (χ1n) is 8.77. The van der Waals surface area contributed by atoms with Crippen LogP contribution in [0.2, 0.25) is 0 Å². The highest BCUT2D eigenvalue weighted by Gasteiger charge is 2.33. The number of amides is 3. The summed E-state index contributed by atoms with van der Waals surface area (Å²) in [6.07, 6.45) is 2.70. The third kappa shape index (κ3) is 4.28. The summed E-state index contributed by atoms with van der Waals surface area (Å²) in [6.45, 7) is 4.02. The highest BCUT2D eigenvalue weighted by Crippen LogP contribution is 2.22. The normalized spacial score (nSPS) is 17.0. The topological polar surface area (TPSA) is 92.8 Å². The zero-order valence-electron chi connectivity index (χ0n) is 15.3. The molecule has 1 N–H and O–H groups in total. The third-order valence-corrected chi connectivity index (χ3v) is 4.59. The Morgan fingerprint density at radius 3 is 2.62 bits per heavy atom. The first kappa shape index (κ1) is 19.6. The zero-order chi connectivity index (χ0) is 19.3. The lowest BCUT2D eigenvalue weighted by molar-refractivity contribution is -0.136. The van der Waals surface area contributed by atoms with E-state index in [9.17, 15) is 19.2 Å². The summed E-state index contributed by atoms with van der Waals surface area (Å²) < 4.78 is 5.85. The number of rotatable bonds is 7. The van der Waals surface area contributed by atoms with Gasteiger partial charge in [0.1, 0.15) is 11.8 Å². The third-order valence-electron chi connectivity index (χ3n) is 4.59. The van der Waals surface area contributed by atoms with Gasteiger partial charge < -0.3 is 9.64 Å². The first-order chi connectivity index (χ1) is 12.4. The van der Waals surface area contributed by atoms with Crippen LogP contribution in [-0.4, -0.2) is 48.1 Å². The highest BCUT2D eigenvalue weighted by atomic mass is 16.5. The quantitative estimate of drug-likeness (QED) is 0.592. The van der Waals surface area contributed by atoms with Crippen LogP contribution in [0.5, 0.6) is 5.75 Å². The second-order valence-electron chi connectivity index (χ2n) is 6.31. The number of hydrogen-bond acceptors (Lipinski definition) is 5. The Hall–Kier alpha value is -2.70. The second kappa shape index (κ2) is 8.60. The standard InChI is InChI=1S/C19H24N2O5/c1-4-13(5-2)26-14-7-6-12(11-22)15(10-14)19(25)21(3)16-8-9-17(23)20-18(16)24/h6-7,10-11,13,16H,4-5,8-9H2,1-3H3,(H,20,23,24). The Kier molecular flexibility index (Phi) is 6.49. The van der Waals surface area contributed by atoms with E-state index >= 15 is 0 Å². The van der Waals surface area contributed by atoms with Gasteiger partial charge in [0.15, 0.2) is 6.29 Å². The number of aldehydes is 1. The van der Waals surface area contributed by atoms with Gasteiger partial charge in [-0.1, -0.05) is 13.8 Å². The summed E-state index contributed by atoms with van der Waals surface area (Å²) in [4.78, 5) is 48.8. The molecule has 1 fully saturated rings. The van der Waals surface area contributed by atoms with Crippen molar-refractivity contribution in [1.82, 2.24) is 10.2 Å². The van der Waals surface area contributed by atoms with Gasteiger partial charge in [0.2, 0.25) is 11.8 Å². The van der Waals surface area contributed by atoms with Crippen molar-refractivity contribution < 1.29 is 23.9 Å². The Morgan fingerprint density at radius 1 is 1.35 bits per heavy atom. The van der Waals surface area contributed by atoms with Gasteiger partial charge in [-0.2, -0.15) is 0 Å². The molecule has 1 saturated heterocycles. The Labute approximate surface area is 152 Å². The van der Waals surface area contributed by atoms with E-state index in [1.54, 1.807) is 6.07 Å². The van der Waals surface area contributed by atoms with Crippen LogP contribution in [-0.2, 0) is 9.59 Å². The molecule has 1 aliphatic rings. The summed E-state index contributed by atoms with van der Waals surface area (Å²) in [5.74, 6) is -0.809. The maximum absolute atomic E-state index is 12.9. The van der Waals surface area contributed by atoms with Crippen LogP contribution >= 0.6 is 0 Å². The molecule has 0 radical (unpaired) electrons. The van der Waals surface area contributed by atoms with E-state index in [4.69, 9.17) is 4.74 Å². The molecular formula is C19H24N2O5. The molecule has 0 aromatic heterocycles. The summed E-state index contributed by atoms with van der Waals surface area (Å²) >= 11 is 0. The monoisotopic (exact) mass is 360 g/mol. The molecule has 1 atom stereocenters. The van der Waals surface area contributed by atoms with Crippen LogP contribution in [0.3, 0.4) is 0 Å². The molecule has 0 spiro atoms. The number of benzene rings is 1. The number of ether oxygens (including phenoxy) is 1. The minimum Gasteiger partial charge on any atom is -0.490 e. The van der Waals surface area contributed by atoms with Crippen molar-refractivity contribution in [3.8, 4) is 5.75 Å². The largest absolute Gasteiger partial charge is 0.490 e. The van der Waals surface area contributed by atoms with E-state index < -0.39 is 17.9 Å². The maximum atomic E-state index is 12.9. The van der Waals surface area contributed by atoms with Crippen molar-refractivity contribution in [2.45, 2.75) is 51.7 Å². The van der Waals surface area contributed by atoms with E-state index in [0.29, 0.717) is 12.0 Å². The lowest BCUT2D eigenvalue weighted by Gasteiger charge is -2.30. The van der Waals surface area contributed by atoms with E-state index in [1.165, 1.54) is 24.1 Å². The van der Waals surface area contributed by atoms with Crippen LogP contribution in [0.25, 0.3) is 0 Å². The predicted octanol–water partition coefficient (Wildman–Crippen LogP) is 1.94.